The molecule has 128 valence electrons. The second-order valence-corrected chi connectivity index (χ2v) is 9.50. The topological polar surface area (TPSA) is 43.4 Å². The van der Waals surface area contributed by atoms with Crippen molar-refractivity contribution in [3.05, 3.63) is 77.2 Å². The maximum atomic E-state index is 12.0. The summed E-state index contributed by atoms with van der Waals surface area (Å²) in [5.41, 5.74) is 2.00. The molecule has 2 aromatic carbocycles. The molecule has 0 atom stereocenters. The van der Waals surface area contributed by atoms with Crippen molar-refractivity contribution in [1.29, 1.82) is 0 Å². The highest BCUT2D eigenvalue weighted by molar-refractivity contribution is 8.77. The molecule has 6 heteroatoms. The highest BCUT2D eigenvalue weighted by Gasteiger charge is 2.09. The van der Waals surface area contributed by atoms with E-state index in [0.717, 1.165) is 17.1 Å². The zero-order valence-corrected chi connectivity index (χ0v) is 15.9. The number of methoxy groups -OCH3 is 1. The highest BCUT2D eigenvalue weighted by atomic mass is 33.1. The van der Waals surface area contributed by atoms with Crippen molar-refractivity contribution in [2.75, 3.05) is 12.9 Å². The summed E-state index contributed by atoms with van der Waals surface area (Å²) in [7, 11) is 1.74. The number of ether oxygens (including phenoxy) is 1. The molecule has 0 bridgehead atoms. The van der Waals surface area contributed by atoms with E-state index in [9.17, 15) is 8.42 Å². The first-order chi connectivity index (χ1) is 11.6. The number of hydrogen-bond donors (Lipinski definition) is 0. The Labute approximate surface area is 151 Å². The van der Waals surface area contributed by atoms with Gasteiger partial charge >= 0.3 is 0 Å². The van der Waals surface area contributed by atoms with Crippen LogP contribution < -0.4 is 4.74 Å². The van der Waals surface area contributed by atoms with Gasteiger partial charge in [0, 0.05) is 5.75 Å². The van der Waals surface area contributed by atoms with Gasteiger partial charge in [0.25, 0.3) is 0 Å². The summed E-state index contributed by atoms with van der Waals surface area (Å²) in [4.78, 5) is 0. The maximum Gasteiger partial charge on any atom is 0.158 e. The van der Waals surface area contributed by atoms with Crippen molar-refractivity contribution in [1.82, 2.24) is 0 Å². The Balaban J connectivity index is 1.72. The molecule has 0 saturated carbocycles. The summed E-state index contributed by atoms with van der Waals surface area (Å²) >= 11 is 0. The minimum Gasteiger partial charge on any atom is -0.497 e. The fourth-order valence-electron chi connectivity index (χ4n) is 2.02. The highest BCUT2D eigenvalue weighted by Crippen LogP contribution is 2.28. The van der Waals surface area contributed by atoms with Crippen LogP contribution in [0.4, 0.5) is 0 Å². The Bertz CT molecular complexity index is 756. The van der Waals surface area contributed by atoms with Crippen LogP contribution in [0, 0.1) is 0 Å². The molecule has 0 heterocycles. The van der Waals surface area contributed by atoms with Gasteiger partial charge in [-0.1, -0.05) is 70.1 Å². The fourth-order valence-corrected chi connectivity index (χ4v) is 5.07. The predicted molar refractivity (Wildman–Crippen MR) is 105 cm³/mol. The molecule has 0 aliphatic rings. The van der Waals surface area contributed by atoms with E-state index in [0.29, 0.717) is 0 Å². The van der Waals surface area contributed by atoms with E-state index in [1.54, 1.807) is 24.0 Å². The van der Waals surface area contributed by atoms with Crippen LogP contribution in [0.5, 0.6) is 5.75 Å². The van der Waals surface area contributed by atoms with Gasteiger partial charge in [-0.25, -0.2) is 8.42 Å². The van der Waals surface area contributed by atoms with E-state index in [4.69, 9.17) is 4.74 Å². The molecule has 0 amide bonds. The van der Waals surface area contributed by atoms with Crippen LogP contribution in [0.25, 0.3) is 0 Å². The van der Waals surface area contributed by atoms with Crippen molar-refractivity contribution in [2.24, 2.45) is 0 Å². The molecule has 0 aliphatic heterocycles. The van der Waals surface area contributed by atoms with Crippen LogP contribution in [0.2, 0.25) is 0 Å². The molecule has 0 fully saturated rings. The van der Waals surface area contributed by atoms with Crippen LogP contribution >= 0.6 is 21.6 Å². The molecule has 2 aromatic rings. The summed E-state index contributed by atoms with van der Waals surface area (Å²) < 4.78 is 29.3. The molecule has 0 N–H and O–H groups in total. The van der Waals surface area contributed by atoms with Gasteiger partial charge in [0.1, 0.15) is 5.75 Å². The first-order valence-electron chi connectivity index (χ1n) is 7.39. The fraction of sp³-hybridized carbons (Fsp3) is 0.222. The van der Waals surface area contributed by atoms with E-state index in [1.165, 1.54) is 16.4 Å². The number of sulfone groups is 1. The smallest absolute Gasteiger partial charge is 0.158 e. The van der Waals surface area contributed by atoms with E-state index in [2.05, 4.69) is 0 Å². The van der Waals surface area contributed by atoms with Crippen LogP contribution in [-0.2, 0) is 21.3 Å². The molecule has 0 saturated heterocycles. The summed E-state index contributed by atoms with van der Waals surface area (Å²) in [5.74, 6) is 1.83. The Morgan fingerprint density at radius 2 is 1.79 bits per heavy atom. The van der Waals surface area contributed by atoms with Gasteiger partial charge in [-0.15, -0.1) is 0 Å². The van der Waals surface area contributed by atoms with Crippen molar-refractivity contribution >= 4 is 31.4 Å². The lowest BCUT2D eigenvalue weighted by atomic mass is 10.2. The Kier molecular flexibility index (Phi) is 7.75. The van der Waals surface area contributed by atoms with Crippen molar-refractivity contribution in [3.63, 3.8) is 0 Å². The van der Waals surface area contributed by atoms with Crippen molar-refractivity contribution in [2.45, 2.75) is 11.5 Å². The molecule has 0 aromatic heterocycles. The minimum atomic E-state index is -3.11. The van der Waals surface area contributed by atoms with Crippen molar-refractivity contribution < 1.29 is 13.2 Å². The molecule has 3 nitrogen and oxygen atoms in total. The zero-order valence-electron chi connectivity index (χ0n) is 13.4. The van der Waals surface area contributed by atoms with Crippen molar-refractivity contribution in [3.8, 4) is 5.75 Å². The van der Waals surface area contributed by atoms with E-state index >= 15 is 0 Å². The quantitative estimate of drug-likeness (QED) is 0.466. The molecule has 24 heavy (non-hydrogen) atoms. The maximum absolute atomic E-state index is 12.0. The number of benzene rings is 2. The van der Waals surface area contributed by atoms with Gasteiger partial charge < -0.3 is 4.74 Å². The Morgan fingerprint density at radius 3 is 2.54 bits per heavy atom. The molecule has 0 aliphatic carbocycles. The monoisotopic (exact) mass is 380 g/mol. The summed E-state index contributed by atoms with van der Waals surface area (Å²) in [6, 6.07) is 17.2. The lowest BCUT2D eigenvalue weighted by Crippen LogP contribution is -2.07. The summed E-state index contributed by atoms with van der Waals surface area (Å²) in [6.07, 6.45) is 1.71. The molecule has 0 spiro atoms. The largest absolute Gasteiger partial charge is 0.497 e. The molecule has 0 unspecified atom stereocenters. The average molecular weight is 381 g/mol. The van der Waals surface area contributed by atoms with Crippen LogP contribution in [-0.4, -0.2) is 21.3 Å². The van der Waals surface area contributed by atoms with Gasteiger partial charge in [0.2, 0.25) is 0 Å². The second-order valence-electron chi connectivity index (χ2n) is 5.12. The minimum absolute atomic E-state index is 0.0641. The third kappa shape index (κ3) is 7.03. The van der Waals surface area contributed by atoms with Crippen LogP contribution in [0.15, 0.2) is 66.1 Å². The lowest BCUT2D eigenvalue weighted by Gasteiger charge is -2.03. The third-order valence-electron chi connectivity index (χ3n) is 3.16. The standard InChI is InChI=1S/C18H20O3S3/c1-21-18-10-5-9-17(13-18)14-23-22-11-6-12-24(19,20)15-16-7-3-2-4-8-16/h2-11,13H,12,14-15H2,1H3. The van der Waals surface area contributed by atoms with Crippen LogP contribution in [0.1, 0.15) is 11.1 Å². The van der Waals surface area contributed by atoms with Gasteiger partial charge in [-0.3, -0.25) is 0 Å². The molecular weight excluding hydrogens is 360 g/mol. The second kappa shape index (κ2) is 9.81. The van der Waals surface area contributed by atoms with Gasteiger partial charge in [0.15, 0.2) is 9.84 Å². The van der Waals surface area contributed by atoms with Gasteiger partial charge in [0.05, 0.1) is 18.6 Å². The molecule has 2 rings (SSSR count). The average Bonchev–Trinajstić information content (AvgIpc) is 2.58. The van der Waals surface area contributed by atoms with E-state index in [-0.39, 0.29) is 11.5 Å². The first kappa shape index (κ1) is 19.0. The van der Waals surface area contributed by atoms with E-state index in [1.807, 2.05) is 60.0 Å². The van der Waals surface area contributed by atoms with Gasteiger partial charge in [-0.05, 0) is 28.7 Å². The molecular formula is C18H20O3S3. The van der Waals surface area contributed by atoms with Gasteiger partial charge in [-0.2, -0.15) is 0 Å². The third-order valence-corrected chi connectivity index (χ3v) is 6.62. The predicted octanol–water partition coefficient (Wildman–Crippen LogP) is 4.71. The van der Waals surface area contributed by atoms with E-state index < -0.39 is 9.84 Å². The Hall–Kier alpha value is -1.37. The zero-order chi connectivity index (χ0) is 17.3. The first-order valence-corrected chi connectivity index (χ1v) is 11.6. The summed E-state index contributed by atoms with van der Waals surface area (Å²) in [6.45, 7) is 0. The SMILES string of the molecule is COc1cccc(CSSC=CCS(=O)(=O)Cc2ccccc2)c1. The Morgan fingerprint density at radius 1 is 1.04 bits per heavy atom. The number of rotatable bonds is 9. The van der Waals surface area contributed by atoms with Crippen LogP contribution in [0.3, 0.4) is 0 Å². The normalized spacial score (nSPS) is 11.7. The lowest BCUT2D eigenvalue weighted by molar-refractivity contribution is 0.414. The summed E-state index contributed by atoms with van der Waals surface area (Å²) in [5, 5.41) is 1.84. The molecule has 0 radical (unpaired) electrons. The number of hydrogen-bond acceptors (Lipinski definition) is 5.